The highest BCUT2D eigenvalue weighted by Gasteiger charge is 2.34. The maximum Gasteiger partial charge on any atom is 0.433 e. The highest BCUT2D eigenvalue weighted by atomic mass is 32.2. The van der Waals surface area contributed by atoms with Crippen molar-refractivity contribution in [3.05, 3.63) is 64.6 Å². The predicted molar refractivity (Wildman–Crippen MR) is 137 cm³/mol. The lowest BCUT2D eigenvalue weighted by Gasteiger charge is -2.26. The minimum Gasteiger partial charge on any atom is -0.354 e. The average molecular weight is 600 g/mol. The van der Waals surface area contributed by atoms with E-state index in [1.54, 1.807) is 9.80 Å². The first-order chi connectivity index (χ1) is 19.1. The molecule has 0 saturated carbocycles. The highest BCUT2D eigenvalue weighted by molar-refractivity contribution is 7.92. The summed E-state index contributed by atoms with van der Waals surface area (Å²) in [5.74, 6) is 0.165. The summed E-state index contributed by atoms with van der Waals surface area (Å²) >= 11 is 0. The van der Waals surface area contributed by atoms with Crippen molar-refractivity contribution in [1.29, 1.82) is 5.26 Å². The normalized spacial score (nSPS) is 14.9. The van der Waals surface area contributed by atoms with Gasteiger partial charge in [-0.2, -0.15) is 31.6 Å². The molecule has 218 valence electrons. The quantitative estimate of drug-likeness (QED) is 0.412. The van der Waals surface area contributed by atoms with E-state index in [9.17, 15) is 40.0 Å². The van der Waals surface area contributed by atoms with Crippen LogP contribution in [0, 0.1) is 25.2 Å². The van der Waals surface area contributed by atoms with Gasteiger partial charge in [-0.3, -0.25) is 4.72 Å². The molecule has 3 heterocycles. The van der Waals surface area contributed by atoms with Gasteiger partial charge in [0.25, 0.3) is 10.0 Å². The molecule has 2 aromatic heterocycles. The monoisotopic (exact) mass is 599 g/mol. The lowest BCUT2D eigenvalue weighted by atomic mass is 10.1. The van der Waals surface area contributed by atoms with Crippen molar-refractivity contribution in [2.45, 2.75) is 37.5 Å². The molecule has 0 spiro atoms. The van der Waals surface area contributed by atoms with Crippen molar-refractivity contribution < 1.29 is 34.8 Å². The zero-order valence-electron chi connectivity index (χ0n) is 21.7. The van der Waals surface area contributed by atoms with Crippen molar-refractivity contribution in [2.24, 2.45) is 0 Å². The molecule has 4 rings (SSSR count). The Bertz CT molecular complexity index is 1600. The molecule has 0 unspecified atom stereocenters. The van der Waals surface area contributed by atoms with Crippen LogP contribution in [0.25, 0.3) is 0 Å². The smallest absolute Gasteiger partial charge is 0.354 e. The molecule has 1 aliphatic rings. The Morgan fingerprint density at radius 2 is 1.63 bits per heavy atom. The Balaban J connectivity index is 1.60. The molecule has 0 atom stereocenters. The predicted octanol–water partition coefficient (Wildman–Crippen LogP) is 4.92. The van der Waals surface area contributed by atoms with Gasteiger partial charge in [-0.15, -0.1) is 0 Å². The van der Waals surface area contributed by atoms with Gasteiger partial charge in [-0.05, 0) is 50.1 Å². The van der Waals surface area contributed by atoms with Crippen LogP contribution < -0.4 is 14.5 Å². The minimum absolute atomic E-state index is 0.0427. The number of hydrogen-bond donors (Lipinski definition) is 1. The van der Waals surface area contributed by atoms with Gasteiger partial charge in [0.1, 0.15) is 17.6 Å². The summed E-state index contributed by atoms with van der Waals surface area (Å²) in [7, 11) is -4.48. The van der Waals surface area contributed by atoms with Gasteiger partial charge in [-0.25, -0.2) is 23.4 Å². The third-order valence-electron chi connectivity index (χ3n) is 6.44. The van der Waals surface area contributed by atoms with E-state index < -0.39 is 38.5 Å². The van der Waals surface area contributed by atoms with E-state index in [1.807, 2.05) is 6.07 Å². The van der Waals surface area contributed by atoms with Gasteiger partial charge < -0.3 is 9.80 Å². The van der Waals surface area contributed by atoms with Gasteiger partial charge in [-0.1, -0.05) is 6.07 Å². The maximum atomic E-state index is 13.1. The molecular formula is C25H23F6N7O2S. The Kier molecular flexibility index (Phi) is 8.03. The molecule has 0 bridgehead atoms. The fourth-order valence-corrected chi connectivity index (χ4v) is 5.60. The third kappa shape index (κ3) is 6.45. The van der Waals surface area contributed by atoms with Gasteiger partial charge in [0, 0.05) is 32.4 Å². The van der Waals surface area contributed by atoms with Crippen LogP contribution >= 0.6 is 0 Å². The van der Waals surface area contributed by atoms with Crippen molar-refractivity contribution in [3.63, 3.8) is 0 Å². The number of benzene rings is 1. The second-order valence-corrected chi connectivity index (χ2v) is 10.9. The van der Waals surface area contributed by atoms with Gasteiger partial charge in [0.2, 0.25) is 5.95 Å². The zero-order chi connectivity index (χ0) is 30.2. The fourth-order valence-electron chi connectivity index (χ4n) is 4.37. The summed E-state index contributed by atoms with van der Waals surface area (Å²) in [5, 5.41) is 9.94. The van der Waals surface area contributed by atoms with E-state index in [2.05, 4.69) is 19.7 Å². The standard InChI is InChI=1S/C25H23F6N7O2S/c1-15-19(14-32)22(37-9-4-10-38(12-11-37)23-33-8-7-20(35-23)25(29,30)31)34-16(2)21(15)36-41(39,40)18-6-3-5-17(13-18)24(26,27)28/h3,5-8,13,36H,4,9-12H2,1-2H3. The first kappa shape index (κ1) is 29.8. The Morgan fingerprint density at radius 1 is 0.951 bits per heavy atom. The molecule has 1 fully saturated rings. The number of halogens is 6. The van der Waals surface area contributed by atoms with Crippen LogP contribution in [-0.4, -0.2) is 49.5 Å². The van der Waals surface area contributed by atoms with Gasteiger partial charge in [0.05, 0.1) is 27.4 Å². The molecule has 0 radical (unpaired) electrons. The van der Waals surface area contributed by atoms with E-state index in [1.165, 1.54) is 13.8 Å². The summed E-state index contributed by atoms with van der Waals surface area (Å²) in [6, 6.07) is 6.06. The topological polar surface area (TPSA) is 115 Å². The highest BCUT2D eigenvalue weighted by Crippen LogP contribution is 2.34. The number of nitrogens with one attached hydrogen (secondary N) is 1. The summed E-state index contributed by atoms with van der Waals surface area (Å²) in [5.41, 5.74) is -1.81. The third-order valence-corrected chi connectivity index (χ3v) is 7.79. The summed E-state index contributed by atoms with van der Waals surface area (Å²) in [6.07, 6.45) is -7.87. The van der Waals surface area contributed by atoms with Crippen LogP contribution in [0.3, 0.4) is 0 Å². The van der Waals surface area contributed by atoms with E-state index in [0.717, 1.165) is 30.5 Å². The van der Waals surface area contributed by atoms with E-state index >= 15 is 0 Å². The molecule has 1 aliphatic heterocycles. The zero-order valence-corrected chi connectivity index (χ0v) is 22.5. The van der Waals surface area contributed by atoms with Crippen molar-refractivity contribution >= 4 is 27.5 Å². The number of rotatable bonds is 5. The lowest BCUT2D eigenvalue weighted by molar-refractivity contribution is -0.141. The van der Waals surface area contributed by atoms with Gasteiger partial charge >= 0.3 is 12.4 Å². The number of anilines is 3. The van der Waals surface area contributed by atoms with E-state index in [-0.39, 0.29) is 47.4 Å². The van der Waals surface area contributed by atoms with Crippen LogP contribution in [-0.2, 0) is 22.4 Å². The Labute approximate surface area is 231 Å². The maximum absolute atomic E-state index is 13.1. The van der Waals surface area contributed by atoms with Crippen LogP contribution in [0.4, 0.5) is 43.8 Å². The molecule has 1 N–H and O–H groups in total. The number of hydrogen-bond acceptors (Lipinski definition) is 8. The summed E-state index contributed by atoms with van der Waals surface area (Å²) in [4.78, 5) is 14.8. The number of alkyl halides is 6. The Morgan fingerprint density at radius 3 is 2.29 bits per heavy atom. The number of pyridine rings is 1. The molecule has 16 heteroatoms. The second kappa shape index (κ2) is 11.0. The van der Waals surface area contributed by atoms with Gasteiger partial charge in [0.15, 0.2) is 0 Å². The summed E-state index contributed by atoms with van der Waals surface area (Å²) < 4.78 is 107. The summed E-state index contributed by atoms with van der Waals surface area (Å²) in [6.45, 7) is 4.16. The molecule has 9 nitrogen and oxygen atoms in total. The minimum atomic E-state index is -4.75. The van der Waals surface area contributed by atoms with Crippen LogP contribution in [0.15, 0.2) is 41.4 Å². The number of aryl methyl sites for hydroxylation is 1. The lowest BCUT2D eigenvalue weighted by Crippen LogP contribution is -2.33. The van der Waals surface area contributed by atoms with E-state index in [4.69, 9.17) is 0 Å². The number of aromatic nitrogens is 3. The average Bonchev–Trinajstić information content (AvgIpc) is 3.16. The number of nitriles is 1. The molecule has 1 aromatic carbocycles. The van der Waals surface area contributed by atoms with Crippen LogP contribution in [0.1, 0.15) is 34.5 Å². The SMILES string of the molecule is Cc1nc(N2CCCN(c3nccc(C(F)(F)F)n3)CC2)c(C#N)c(C)c1NS(=O)(=O)c1cccc(C(F)(F)F)c1. The van der Waals surface area contributed by atoms with Crippen molar-refractivity contribution in [3.8, 4) is 6.07 Å². The van der Waals surface area contributed by atoms with Crippen LogP contribution in [0.5, 0.6) is 0 Å². The largest absolute Gasteiger partial charge is 0.433 e. The first-order valence-electron chi connectivity index (χ1n) is 12.1. The molecule has 1 saturated heterocycles. The molecular weight excluding hydrogens is 576 g/mol. The van der Waals surface area contributed by atoms with Crippen molar-refractivity contribution in [2.75, 3.05) is 40.7 Å². The molecule has 41 heavy (non-hydrogen) atoms. The second-order valence-electron chi connectivity index (χ2n) is 9.21. The number of sulfonamides is 1. The Hall–Kier alpha value is -4.13. The molecule has 0 amide bonds. The first-order valence-corrected chi connectivity index (χ1v) is 13.6. The van der Waals surface area contributed by atoms with Crippen molar-refractivity contribution in [1.82, 2.24) is 15.0 Å². The van der Waals surface area contributed by atoms with E-state index in [0.29, 0.717) is 25.6 Å². The van der Waals surface area contributed by atoms with Crippen LogP contribution in [0.2, 0.25) is 0 Å². The fraction of sp³-hybridized carbons (Fsp3) is 0.360. The molecule has 0 aliphatic carbocycles. The number of nitrogens with zero attached hydrogens (tertiary/aromatic N) is 6. The molecule has 3 aromatic rings.